The molecule has 0 amide bonds. The number of nitrogens with zero attached hydrogens (tertiary/aromatic N) is 2. The highest BCUT2D eigenvalue weighted by Gasteiger charge is 2.50. The maximum atomic E-state index is 12.3. The molecule has 1 fully saturated rings. The highest BCUT2D eigenvalue weighted by atomic mass is 32.2. The molecule has 5 atom stereocenters. The van der Waals surface area contributed by atoms with Gasteiger partial charge in [-0.05, 0) is 12.1 Å². The van der Waals surface area contributed by atoms with Crippen LogP contribution in [0.5, 0.6) is 0 Å². The quantitative estimate of drug-likeness (QED) is 0.757. The lowest BCUT2D eigenvalue weighted by Gasteiger charge is -2.39. The molecule has 7 nitrogen and oxygen atoms in total. The Labute approximate surface area is 144 Å². The number of aliphatic hydroxyl groups excluding tert-OH is 2. The molecule has 0 radical (unpaired) electrons. The van der Waals surface area contributed by atoms with Crippen molar-refractivity contribution in [3.05, 3.63) is 35.9 Å². The number of esters is 1. The molecule has 0 unspecified atom stereocenters. The average molecular weight is 352 g/mol. The summed E-state index contributed by atoms with van der Waals surface area (Å²) in [6, 6.07) is 7.97. The number of amidine groups is 1. The van der Waals surface area contributed by atoms with Crippen LogP contribution in [0, 0.1) is 0 Å². The summed E-state index contributed by atoms with van der Waals surface area (Å²) in [5.74, 6) is -0.567. The number of fused-ring (bicyclic) bond motifs is 1. The summed E-state index contributed by atoms with van der Waals surface area (Å²) in [6.45, 7) is -0.356. The minimum Gasteiger partial charge on any atom is -0.453 e. The summed E-state index contributed by atoms with van der Waals surface area (Å²) >= 11 is 1.38. The van der Waals surface area contributed by atoms with E-state index >= 15 is 0 Å². The number of aliphatic imine (C=N–C) groups is 1. The van der Waals surface area contributed by atoms with Gasteiger partial charge >= 0.3 is 5.97 Å². The summed E-state index contributed by atoms with van der Waals surface area (Å²) in [4.78, 5) is 18.5. The van der Waals surface area contributed by atoms with E-state index in [0.717, 1.165) is 5.17 Å². The van der Waals surface area contributed by atoms with Crippen LogP contribution in [0.15, 0.2) is 35.3 Å². The van der Waals surface area contributed by atoms with E-state index in [4.69, 9.17) is 9.47 Å². The molecule has 8 heteroatoms. The van der Waals surface area contributed by atoms with Crippen LogP contribution in [0.3, 0.4) is 0 Å². The zero-order chi connectivity index (χ0) is 17.3. The van der Waals surface area contributed by atoms with Crippen molar-refractivity contribution >= 4 is 22.9 Å². The van der Waals surface area contributed by atoms with E-state index in [0.29, 0.717) is 5.56 Å². The van der Waals surface area contributed by atoms with Gasteiger partial charge in [-0.3, -0.25) is 4.99 Å². The average Bonchev–Trinajstić information content (AvgIpc) is 3.02. The number of rotatable bonds is 3. The first-order valence-electron chi connectivity index (χ1n) is 7.63. The molecule has 0 aromatic heterocycles. The normalized spacial score (nSPS) is 32.0. The molecule has 3 rings (SSSR count). The number of ether oxygens (including phenoxy) is 2. The van der Waals surface area contributed by atoms with Gasteiger partial charge in [-0.1, -0.05) is 30.0 Å². The van der Waals surface area contributed by atoms with Gasteiger partial charge in [0.05, 0.1) is 12.2 Å². The molecule has 0 spiro atoms. The summed E-state index contributed by atoms with van der Waals surface area (Å²) in [5.41, 5.74) is -0.0250. The van der Waals surface area contributed by atoms with Gasteiger partial charge in [0.2, 0.25) is 0 Å². The van der Waals surface area contributed by atoms with Crippen molar-refractivity contribution in [2.45, 2.75) is 29.8 Å². The molecule has 130 valence electrons. The Morgan fingerprint density at radius 1 is 1.38 bits per heavy atom. The fourth-order valence-electron chi connectivity index (χ4n) is 2.68. The molecule has 2 aliphatic heterocycles. The van der Waals surface area contributed by atoms with Gasteiger partial charge in [0.1, 0.15) is 23.7 Å². The smallest absolute Gasteiger partial charge is 0.338 e. The lowest BCUT2D eigenvalue weighted by molar-refractivity contribution is -0.166. The molecule has 1 aromatic carbocycles. The molecule has 2 heterocycles. The van der Waals surface area contributed by atoms with E-state index in [1.54, 1.807) is 30.3 Å². The number of carbonyl (C=O) groups is 1. The van der Waals surface area contributed by atoms with Crippen molar-refractivity contribution < 1.29 is 24.5 Å². The number of aliphatic hydroxyl groups is 2. The molecular weight excluding hydrogens is 332 g/mol. The van der Waals surface area contributed by atoms with Gasteiger partial charge in [0.15, 0.2) is 11.3 Å². The molecular formula is C16H20N2O5S. The fraction of sp³-hybridized carbons (Fsp3) is 0.500. The van der Waals surface area contributed by atoms with Crippen molar-refractivity contribution in [1.29, 1.82) is 0 Å². The van der Waals surface area contributed by atoms with Gasteiger partial charge in [0, 0.05) is 14.1 Å². The van der Waals surface area contributed by atoms with E-state index in [2.05, 4.69) is 4.99 Å². The minimum absolute atomic E-state index is 0.356. The predicted octanol–water partition coefficient (Wildman–Crippen LogP) is 0.323. The van der Waals surface area contributed by atoms with Crippen molar-refractivity contribution in [2.75, 3.05) is 20.7 Å². The molecule has 24 heavy (non-hydrogen) atoms. The lowest BCUT2D eigenvalue weighted by Crippen LogP contribution is -2.57. The second kappa shape index (κ2) is 7.10. The third-order valence-electron chi connectivity index (χ3n) is 3.94. The van der Waals surface area contributed by atoms with Gasteiger partial charge in [0.25, 0.3) is 0 Å². The molecule has 2 aliphatic rings. The van der Waals surface area contributed by atoms with Crippen molar-refractivity contribution in [3.8, 4) is 0 Å². The Hall–Kier alpha value is -1.61. The van der Waals surface area contributed by atoms with Crippen LogP contribution < -0.4 is 0 Å². The van der Waals surface area contributed by atoms with E-state index in [1.165, 1.54) is 11.8 Å². The predicted molar refractivity (Wildman–Crippen MR) is 89.9 cm³/mol. The van der Waals surface area contributed by atoms with Gasteiger partial charge in [-0.15, -0.1) is 0 Å². The van der Waals surface area contributed by atoms with E-state index < -0.39 is 35.8 Å². The highest BCUT2D eigenvalue weighted by Crippen LogP contribution is 2.38. The lowest BCUT2D eigenvalue weighted by atomic mass is 9.98. The van der Waals surface area contributed by atoms with Crippen LogP contribution in [-0.4, -0.2) is 76.7 Å². The fourth-order valence-corrected chi connectivity index (χ4v) is 3.84. The zero-order valence-electron chi connectivity index (χ0n) is 13.4. The Bertz CT molecular complexity index is 624. The van der Waals surface area contributed by atoms with E-state index in [1.807, 2.05) is 19.0 Å². The molecule has 1 aromatic rings. The first-order chi connectivity index (χ1) is 11.5. The van der Waals surface area contributed by atoms with E-state index in [-0.39, 0.29) is 6.61 Å². The van der Waals surface area contributed by atoms with Crippen LogP contribution in [0.4, 0.5) is 0 Å². The maximum Gasteiger partial charge on any atom is 0.338 e. The Kier molecular flexibility index (Phi) is 5.09. The first-order valence-corrected chi connectivity index (χ1v) is 8.51. The summed E-state index contributed by atoms with van der Waals surface area (Å²) in [5, 5.41) is 20.9. The topological polar surface area (TPSA) is 91.6 Å². The first kappa shape index (κ1) is 17.2. The summed E-state index contributed by atoms with van der Waals surface area (Å²) in [6.07, 6.45) is -2.81. The number of hydrogen-bond donors (Lipinski definition) is 2. The van der Waals surface area contributed by atoms with Crippen molar-refractivity contribution in [1.82, 2.24) is 4.90 Å². The molecule has 1 saturated heterocycles. The van der Waals surface area contributed by atoms with Gasteiger partial charge in [-0.2, -0.15) is 0 Å². The summed E-state index contributed by atoms with van der Waals surface area (Å²) < 4.78 is 11.2. The van der Waals surface area contributed by atoms with Gasteiger partial charge < -0.3 is 24.6 Å². The SMILES string of the molecule is CN(C)C1=N[C@@H]2[C@@H](O)[C@H](OC(=O)c3ccccc3)[C@@H](CO)O[C@@H]2S1. The van der Waals surface area contributed by atoms with Gasteiger partial charge in [-0.25, -0.2) is 4.79 Å². The molecule has 0 aliphatic carbocycles. The third-order valence-corrected chi connectivity index (χ3v) is 5.24. The highest BCUT2D eigenvalue weighted by molar-refractivity contribution is 8.14. The minimum atomic E-state index is -1.04. The Morgan fingerprint density at radius 3 is 2.71 bits per heavy atom. The van der Waals surface area contributed by atoms with Crippen LogP contribution in [-0.2, 0) is 9.47 Å². The second-order valence-electron chi connectivity index (χ2n) is 5.87. The molecule has 0 bridgehead atoms. The van der Waals surface area contributed by atoms with Crippen LogP contribution >= 0.6 is 11.8 Å². The number of benzene rings is 1. The Balaban J connectivity index is 1.77. The van der Waals surface area contributed by atoms with Crippen LogP contribution in [0.2, 0.25) is 0 Å². The number of thioether (sulfide) groups is 1. The monoisotopic (exact) mass is 352 g/mol. The second-order valence-corrected chi connectivity index (χ2v) is 6.93. The van der Waals surface area contributed by atoms with Crippen molar-refractivity contribution in [3.63, 3.8) is 0 Å². The molecule has 0 saturated carbocycles. The largest absolute Gasteiger partial charge is 0.453 e. The van der Waals surface area contributed by atoms with Crippen LogP contribution in [0.1, 0.15) is 10.4 Å². The van der Waals surface area contributed by atoms with Crippen molar-refractivity contribution in [2.24, 2.45) is 4.99 Å². The standard InChI is InChI=1S/C16H20N2O5S/c1-18(2)16-17-11-12(20)13(10(8-19)22-15(11)24-16)23-14(21)9-6-4-3-5-7-9/h3-7,10-13,15,19-20H,8H2,1-2H3/t10-,11-,12-,13-,15-/m1/s1. The maximum absolute atomic E-state index is 12.3. The zero-order valence-corrected chi connectivity index (χ0v) is 14.2. The van der Waals surface area contributed by atoms with E-state index in [9.17, 15) is 15.0 Å². The summed E-state index contributed by atoms with van der Waals surface area (Å²) in [7, 11) is 3.71. The number of carbonyl (C=O) groups excluding carboxylic acids is 1. The third kappa shape index (κ3) is 3.27. The molecule has 2 N–H and O–H groups in total. The van der Waals surface area contributed by atoms with Crippen LogP contribution in [0.25, 0.3) is 0 Å². The number of hydrogen-bond acceptors (Lipinski definition) is 8. The Morgan fingerprint density at radius 2 is 2.08 bits per heavy atom.